The van der Waals surface area contributed by atoms with Gasteiger partial charge in [-0.25, -0.2) is 4.79 Å². The summed E-state index contributed by atoms with van der Waals surface area (Å²) < 4.78 is 23.0. The molecule has 0 spiro atoms. The lowest BCUT2D eigenvalue weighted by molar-refractivity contribution is 0.152. The molecular weight excluding hydrogens is 496 g/mol. The molecule has 0 bridgehead atoms. The second kappa shape index (κ2) is 17.8. The zero-order chi connectivity index (χ0) is 27.0. The van der Waals surface area contributed by atoms with Gasteiger partial charge in [-0.05, 0) is 43.7 Å². The van der Waals surface area contributed by atoms with Crippen LogP contribution in [-0.2, 0) is 22.4 Å². The van der Waals surface area contributed by atoms with Crippen LogP contribution in [0.3, 0.4) is 0 Å². The summed E-state index contributed by atoms with van der Waals surface area (Å²) in [6.45, 7) is 10.7. The van der Waals surface area contributed by atoms with E-state index in [0.717, 1.165) is 41.6 Å². The average molecular weight is 543 g/mol. The maximum absolute atomic E-state index is 12.3. The van der Waals surface area contributed by atoms with Crippen LogP contribution in [0.25, 0.3) is 0 Å². The Hall–Kier alpha value is -1.58. The lowest BCUT2D eigenvalue weighted by atomic mass is 9.91. The first-order valence-electron chi connectivity index (χ1n) is 12.8. The van der Waals surface area contributed by atoms with Gasteiger partial charge in [0.2, 0.25) is 6.79 Å². The Bertz CT molecular complexity index is 799. The molecule has 1 aromatic rings. The number of benzene rings is 1. The van der Waals surface area contributed by atoms with Crippen LogP contribution in [0, 0.1) is 5.41 Å². The predicted molar refractivity (Wildman–Crippen MR) is 153 cm³/mol. The molecule has 0 fully saturated rings. The summed E-state index contributed by atoms with van der Waals surface area (Å²) in [4.78, 5) is 15.5. The van der Waals surface area contributed by atoms with E-state index in [9.17, 15) is 9.35 Å². The highest BCUT2D eigenvalue weighted by molar-refractivity contribution is 7.99. The fourth-order valence-electron chi connectivity index (χ4n) is 3.38. The molecule has 0 aliphatic carbocycles. The number of amides is 1. The van der Waals surface area contributed by atoms with E-state index in [4.69, 9.17) is 9.47 Å². The van der Waals surface area contributed by atoms with Crippen LogP contribution in [0.4, 0.5) is 4.79 Å². The van der Waals surface area contributed by atoms with Crippen LogP contribution in [0.2, 0.25) is 0 Å². The summed E-state index contributed by atoms with van der Waals surface area (Å²) in [5, 5.41) is 6.37. The number of nitrogens with zero attached hydrogens (tertiary/aromatic N) is 1. The summed E-state index contributed by atoms with van der Waals surface area (Å²) in [6.07, 6.45) is 9.78. The second-order valence-corrected chi connectivity index (χ2v) is 12.7. The number of oxime groups is 1. The molecule has 1 heterocycles. The van der Waals surface area contributed by atoms with E-state index < -0.39 is 17.3 Å². The molecule has 0 saturated carbocycles. The third kappa shape index (κ3) is 13.1. The molecule has 2 unspecified atom stereocenters. The number of rotatable bonds is 13. The van der Waals surface area contributed by atoms with Crippen molar-refractivity contribution in [3.63, 3.8) is 0 Å². The summed E-state index contributed by atoms with van der Waals surface area (Å²) in [5.41, 5.74) is 1.97. The molecule has 1 aliphatic heterocycles. The van der Waals surface area contributed by atoms with Gasteiger partial charge in [-0.1, -0.05) is 75.8 Å². The normalized spacial score (nSPS) is 14.5. The van der Waals surface area contributed by atoms with E-state index in [1.54, 1.807) is 11.8 Å². The van der Waals surface area contributed by atoms with Gasteiger partial charge in [-0.3, -0.25) is 4.84 Å². The Morgan fingerprint density at radius 1 is 1.19 bits per heavy atom. The smallest absolute Gasteiger partial charge is 0.433 e. The SMILES string of the molecule is CCCCCCCC[S+]([O-])C(C)Cc1ccc2c(c1)OCO2.CNC(=O)ON=C(CSC)C(C)(C)C. The van der Waals surface area contributed by atoms with E-state index >= 15 is 0 Å². The van der Waals surface area contributed by atoms with Crippen LogP contribution >= 0.6 is 11.8 Å². The first-order chi connectivity index (χ1) is 17.1. The van der Waals surface area contributed by atoms with E-state index in [2.05, 4.69) is 29.2 Å². The lowest BCUT2D eigenvalue weighted by Gasteiger charge is -2.19. The number of fused-ring (bicyclic) bond motifs is 1. The van der Waals surface area contributed by atoms with Crippen molar-refractivity contribution in [1.29, 1.82) is 0 Å². The highest BCUT2D eigenvalue weighted by atomic mass is 32.2. The summed E-state index contributed by atoms with van der Waals surface area (Å²) >= 11 is 0.911. The van der Waals surface area contributed by atoms with Crippen molar-refractivity contribution in [1.82, 2.24) is 5.32 Å². The van der Waals surface area contributed by atoms with Gasteiger partial charge in [0.1, 0.15) is 11.0 Å². The van der Waals surface area contributed by atoms with E-state index in [1.165, 1.54) is 44.7 Å². The number of carbonyl (C=O) groups is 1. The van der Waals surface area contributed by atoms with Crippen LogP contribution in [0.15, 0.2) is 23.4 Å². The lowest BCUT2D eigenvalue weighted by Crippen LogP contribution is -2.25. The molecule has 1 aromatic carbocycles. The molecule has 1 aliphatic rings. The molecule has 0 saturated heterocycles. The third-order valence-corrected chi connectivity index (χ3v) is 8.02. The molecule has 0 aromatic heterocycles. The Labute approximate surface area is 225 Å². The Kier molecular flexibility index (Phi) is 16.0. The number of thioether (sulfide) groups is 1. The van der Waals surface area contributed by atoms with Gasteiger partial charge in [0, 0.05) is 24.6 Å². The van der Waals surface area contributed by atoms with Gasteiger partial charge in [0.15, 0.2) is 11.5 Å². The fraction of sp³-hybridized carbons (Fsp3) is 0.704. The van der Waals surface area contributed by atoms with Gasteiger partial charge in [0.25, 0.3) is 0 Å². The average Bonchev–Trinajstić information content (AvgIpc) is 3.31. The predicted octanol–water partition coefficient (Wildman–Crippen LogP) is 6.56. The van der Waals surface area contributed by atoms with Crippen molar-refractivity contribution >= 4 is 34.7 Å². The largest absolute Gasteiger partial charge is 0.616 e. The maximum Gasteiger partial charge on any atom is 0.433 e. The first kappa shape index (κ1) is 32.4. The minimum absolute atomic E-state index is 0.0724. The third-order valence-electron chi connectivity index (χ3n) is 5.70. The first-order valence-corrected chi connectivity index (χ1v) is 15.6. The van der Waals surface area contributed by atoms with Crippen LogP contribution in [0.1, 0.15) is 78.7 Å². The van der Waals surface area contributed by atoms with Crippen molar-refractivity contribution in [2.24, 2.45) is 10.6 Å². The zero-order valence-corrected chi connectivity index (χ0v) is 24.8. The van der Waals surface area contributed by atoms with Crippen LogP contribution in [0.5, 0.6) is 11.5 Å². The molecule has 7 nitrogen and oxygen atoms in total. The Balaban J connectivity index is 0.000000402. The van der Waals surface area contributed by atoms with Crippen LogP contribution in [-0.4, -0.2) is 53.2 Å². The van der Waals surface area contributed by atoms with Gasteiger partial charge in [0.05, 0.1) is 5.71 Å². The minimum Gasteiger partial charge on any atom is -0.616 e. The molecule has 36 heavy (non-hydrogen) atoms. The van der Waals surface area contributed by atoms with Crippen molar-refractivity contribution in [3.05, 3.63) is 23.8 Å². The topological polar surface area (TPSA) is 92.2 Å². The van der Waals surface area contributed by atoms with E-state index in [-0.39, 0.29) is 10.7 Å². The zero-order valence-electron chi connectivity index (χ0n) is 23.2. The standard InChI is InChI=1S/C18H28O3S.C9H18N2O2S/c1-3-4-5-6-7-8-11-22(19)15(2)12-16-9-10-17-18(13-16)21-14-20-17;1-9(2,3)7(6-14-5)11-13-8(12)10-4/h9-10,13,15H,3-8,11-12,14H2,1-2H3;6H2,1-5H3,(H,10,12). The van der Waals surface area contributed by atoms with Crippen LogP contribution < -0.4 is 14.8 Å². The Morgan fingerprint density at radius 2 is 1.86 bits per heavy atom. The molecule has 206 valence electrons. The molecular formula is C27H46N2O5S2. The molecule has 9 heteroatoms. The molecule has 1 amide bonds. The summed E-state index contributed by atoms with van der Waals surface area (Å²) in [6, 6.07) is 6.01. The van der Waals surface area contributed by atoms with Crippen molar-refractivity contribution in [3.8, 4) is 11.5 Å². The molecule has 2 atom stereocenters. The van der Waals surface area contributed by atoms with Gasteiger partial charge in [-0.15, -0.1) is 0 Å². The number of hydrogen-bond donors (Lipinski definition) is 1. The number of unbranched alkanes of at least 4 members (excludes halogenated alkanes) is 5. The number of carbonyl (C=O) groups excluding carboxylic acids is 1. The van der Waals surface area contributed by atoms with Crippen molar-refractivity contribution < 1.29 is 23.7 Å². The van der Waals surface area contributed by atoms with Gasteiger partial charge in [-0.2, -0.15) is 11.8 Å². The van der Waals surface area contributed by atoms with E-state index in [1.807, 2.05) is 45.2 Å². The second-order valence-electron chi connectivity index (χ2n) is 9.90. The molecule has 1 N–H and O–H groups in total. The quantitative estimate of drug-likeness (QED) is 0.0997. The minimum atomic E-state index is -0.743. The molecule has 2 rings (SSSR count). The summed E-state index contributed by atoms with van der Waals surface area (Å²) in [5.74, 6) is 3.22. The van der Waals surface area contributed by atoms with E-state index in [0.29, 0.717) is 6.79 Å². The van der Waals surface area contributed by atoms with Gasteiger partial charge < -0.3 is 19.3 Å². The molecule has 0 radical (unpaired) electrons. The Morgan fingerprint density at radius 3 is 2.50 bits per heavy atom. The maximum atomic E-state index is 12.3. The van der Waals surface area contributed by atoms with Crippen molar-refractivity contribution in [2.45, 2.75) is 84.8 Å². The monoisotopic (exact) mass is 542 g/mol. The summed E-state index contributed by atoms with van der Waals surface area (Å²) in [7, 11) is 1.50. The van der Waals surface area contributed by atoms with Gasteiger partial charge >= 0.3 is 6.09 Å². The number of ether oxygens (including phenoxy) is 2. The number of hydrogen-bond acceptors (Lipinski definition) is 7. The highest BCUT2D eigenvalue weighted by Gasteiger charge is 2.20. The number of nitrogens with one attached hydrogen (secondary N) is 1. The highest BCUT2D eigenvalue weighted by Crippen LogP contribution is 2.33. The fourth-order valence-corrected chi connectivity index (χ4v) is 5.41. The van der Waals surface area contributed by atoms with Crippen molar-refractivity contribution in [2.75, 3.05) is 31.6 Å².